The summed E-state index contributed by atoms with van der Waals surface area (Å²) in [7, 11) is 0. The third-order valence-corrected chi connectivity index (χ3v) is 6.60. The number of hydrogen-bond donors (Lipinski definition) is 1. The molecule has 166 valence electrons. The largest absolute Gasteiger partial charge is 0.343 e. The zero-order chi connectivity index (χ0) is 22.5. The average molecular weight is 448 g/mol. The van der Waals surface area contributed by atoms with Gasteiger partial charge in [0, 0.05) is 23.7 Å². The van der Waals surface area contributed by atoms with Gasteiger partial charge in [-0.25, -0.2) is 0 Å². The van der Waals surface area contributed by atoms with Crippen LogP contribution >= 0.6 is 11.6 Å². The first-order chi connectivity index (χ1) is 15.5. The van der Waals surface area contributed by atoms with Crippen molar-refractivity contribution in [3.05, 3.63) is 99.8 Å². The smallest absolute Gasteiger partial charge is 0.224 e. The molecule has 0 radical (unpaired) electrons. The molecule has 2 heterocycles. The van der Waals surface area contributed by atoms with Crippen molar-refractivity contribution in [1.82, 2.24) is 15.2 Å². The highest BCUT2D eigenvalue weighted by atomic mass is 35.5. The number of benzene rings is 2. The van der Waals surface area contributed by atoms with Crippen molar-refractivity contribution in [2.45, 2.75) is 39.3 Å². The van der Waals surface area contributed by atoms with E-state index in [1.807, 2.05) is 49.4 Å². The Labute approximate surface area is 195 Å². The summed E-state index contributed by atoms with van der Waals surface area (Å²) in [5.74, 6) is 0.131. The fourth-order valence-corrected chi connectivity index (χ4v) is 4.72. The Bertz CT molecular complexity index is 1030. The fraction of sp³-hybridized carbons (Fsp3) is 0.333. The van der Waals surface area contributed by atoms with E-state index in [0.29, 0.717) is 0 Å². The Morgan fingerprint density at radius 3 is 2.53 bits per heavy atom. The third kappa shape index (κ3) is 5.37. The molecule has 1 amide bonds. The third-order valence-electron chi connectivity index (χ3n) is 6.36. The van der Waals surface area contributed by atoms with E-state index in [4.69, 9.17) is 11.6 Å². The molecule has 0 bridgehead atoms. The highest BCUT2D eigenvalue weighted by Crippen LogP contribution is 2.28. The lowest BCUT2D eigenvalue weighted by molar-refractivity contribution is -0.127. The molecule has 4 rings (SSSR count). The number of nitrogens with zero attached hydrogens (tertiary/aromatic N) is 2. The monoisotopic (exact) mass is 447 g/mol. The van der Waals surface area contributed by atoms with Gasteiger partial charge < -0.3 is 5.32 Å². The standard InChI is InChI=1S/C27H30ClN3O/c1-19-7-3-4-11-24(19)26(25-20(2)8-6-14-29-25)30-27(32)22-12-15-31(16-13-22)18-21-9-5-10-23(28)17-21/h3-11,14,17,22,26H,12-13,15-16,18H2,1-2H3,(H,30,32). The molecule has 1 atom stereocenters. The van der Waals surface area contributed by atoms with Crippen molar-refractivity contribution in [2.75, 3.05) is 13.1 Å². The van der Waals surface area contributed by atoms with Gasteiger partial charge in [0.05, 0.1) is 11.7 Å². The van der Waals surface area contributed by atoms with Crippen molar-refractivity contribution in [2.24, 2.45) is 5.92 Å². The topological polar surface area (TPSA) is 45.2 Å². The van der Waals surface area contributed by atoms with E-state index in [2.05, 4.69) is 40.3 Å². The molecule has 1 aromatic heterocycles. The van der Waals surface area contributed by atoms with E-state index in [-0.39, 0.29) is 17.9 Å². The predicted molar refractivity (Wildman–Crippen MR) is 130 cm³/mol. The van der Waals surface area contributed by atoms with Crippen LogP contribution in [0.1, 0.15) is 46.8 Å². The predicted octanol–water partition coefficient (Wildman–Crippen LogP) is 5.47. The van der Waals surface area contributed by atoms with Crippen LogP contribution in [-0.4, -0.2) is 28.9 Å². The van der Waals surface area contributed by atoms with Crippen LogP contribution in [0.15, 0.2) is 66.9 Å². The van der Waals surface area contributed by atoms with Gasteiger partial charge in [-0.15, -0.1) is 0 Å². The molecule has 1 fully saturated rings. The lowest BCUT2D eigenvalue weighted by Crippen LogP contribution is -2.41. The van der Waals surface area contributed by atoms with Crippen LogP contribution in [0.3, 0.4) is 0 Å². The van der Waals surface area contributed by atoms with Crippen LogP contribution in [-0.2, 0) is 11.3 Å². The number of aromatic nitrogens is 1. The highest BCUT2D eigenvalue weighted by molar-refractivity contribution is 6.30. The molecular formula is C27H30ClN3O. The molecule has 5 heteroatoms. The molecule has 0 saturated carbocycles. The summed E-state index contributed by atoms with van der Waals surface area (Å²) in [6.45, 7) is 6.81. The second kappa shape index (κ2) is 10.3. The molecule has 3 aromatic rings. The number of carbonyl (C=O) groups excluding carboxylic acids is 1. The highest BCUT2D eigenvalue weighted by Gasteiger charge is 2.29. The Balaban J connectivity index is 1.44. The Morgan fingerprint density at radius 1 is 1.06 bits per heavy atom. The zero-order valence-electron chi connectivity index (χ0n) is 18.7. The number of rotatable bonds is 6. The fourth-order valence-electron chi connectivity index (χ4n) is 4.51. The summed E-state index contributed by atoms with van der Waals surface area (Å²) < 4.78 is 0. The van der Waals surface area contributed by atoms with E-state index in [1.165, 1.54) is 5.56 Å². The lowest BCUT2D eigenvalue weighted by Gasteiger charge is -2.32. The Kier molecular flexibility index (Phi) is 7.23. The summed E-state index contributed by atoms with van der Waals surface area (Å²) in [5, 5.41) is 4.10. The number of nitrogens with one attached hydrogen (secondary N) is 1. The number of likely N-dealkylation sites (tertiary alicyclic amines) is 1. The number of halogens is 1. The van der Waals surface area contributed by atoms with Crippen molar-refractivity contribution < 1.29 is 4.79 Å². The van der Waals surface area contributed by atoms with Gasteiger partial charge in [-0.05, 0) is 80.2 Å². The maximum atomic E-state index is 13.3. The first-order valence-corrected chi connectivity index (χ1v) is 11.6. The molecule has 1 aliphatic heterocycles. The van der Waals surface area contributed by atoms with Crippen LogP contribution in [0.4, 0.5) is 0 Å². The van der Waals surface area contributed by atoms with Gasteiger partial charge in [-0.3, -0.25) is 14.7 Å². The van der Waals surface area contributed by atoms with E-state index < -0.39 is 0 Å². The van der Waals surface area contributed by atoms with Gasteiger partial charge in [-0.1, -0.05) is 54.1 Å². The molecule has 1 aliphatic rings. The van der Waals surface area contributed by atoms with E-state index in [0.717, 1.165) is 59.9 Å². The lowest BCUT2D eigenvalue weighted by atomic mass is 9.92. The quantitative estimate of drug-likeness (QED) is 0.545. The van der Waals surface area contributed by atoms with Crippen LogP contribution in [0, 0.1) is 19.8 Å². The van der Waals surface area contributed by atoms with E-state index in [9.17, 15) is 4.79 Å². The van der Waals surface area contributed by atoms with Crippen LogP contribution in [0.25, 0.3) is 0 Å². The van der Waals surface area contributed by atoms with Crippen molar-refractivity contribution in [1.29, 1.82) is 0 Å². The second-order valence-electron chi connectivity index (χ2n) is 8.68. The molecule has 1 saturated heterocycles. The van der Waals surface area contributed by atoms with Gasteiger partial charge in [-0.2, -0.15) is 0 Å². The number of carbonyl (C=O) groups is 1. The molecule has 1 N–H and O–H groups in total. The molecule has 32 heavy (non-hydrogen) atoms. The Hall–Kier alpha value is -2.69. The molecular weight excluding hydrogens is 418 g/mol. The van der Waals surface area contributed by atoms with Gasteiger partial charge in [0.1, 0.15) is 0 Å². The van der Waals surface area contributed by atoms with Crippen molar-refractivity contribution in [3.8, 4) is 0 Å². The second-order valence-corrected chi connectivity index (χ2v) is 9.12. The minimum Gasteiger partial charge on any atom is -0.343 e. The minimum atomic E-state index is -0.241. The number of amides is 1. The van der Waals surface area contributed by atoms with Crippen molar-refractivity contribution in [3.63, 3.8) is 0 Å². The molecule has 0 aliphatic carbocycles. The molecule has 1 unspecified atom stereocenters. The van der Waals surface area contributed by atoms with Crippen LogP contribution in [0.5, 0.6) is 0 Å². The first kappa shape index (κ1) is 22.5. The normalized spacial score (nSPS) is 16.0. The Morgan fingerprint density at radius 2 is 1.81 bits per heavy atom. The summed E-state index contributed by atoms with van der Waals surface area (Å²) in [6.07, 6.45) is 3.51. The van der Waals surface area contributed by atoms with E-state index >= 15 is 0 Å². The molecule has 2 aromatic carbocycles. The van der Waals surface area contributed by atoms with Crippen LogP contribution < -0.4 is 5.32 Å². The molecule has 0 spiro atoms. The number of pyridine rings is 1. The number of aryl methyl sites for hydroxylation is 2. The summed E-state index contributed by atoms with van der Waals surface area (Å²) in [4.78, 5) is 20.3. The maximum absolute atomic E-state index is 13.3. The average Bonchev–Trinajstić information content (AvgIpc) is 2.79. The minimum absolute atomic E-state index is 0.0150. The first-order valence-electron chi connectivity index (χ1n) is 11.3. The van der Waals surface area contributed by atoms with Crippen molar-refractivity contribution >= 4 is 17.5 Å². The van der Waals surface area contributed by atoms with Crippen LogP contribution in [0.2, 0.25) is 5.02 Å². The number of hydrogen-bond acceptors (Lipinski definition) is 3. The summed E-state index contributed by atoms with van der Waals surface area (Å²) in [5.41, 5.74) is 5.46. The summed E-state index contributed by atoms with van der Waals surface area (Å²) >= 11 is 6.12. The van der Waals surface area contributed by atoms with E-state index in [1.54, 1.807) is 6.20 Å². The molecule has 4 nitrogen and oxygen atoms in total. The maximum Gasteiger partial charge on any atom is 0.224 e. The van der Waals surface area contributed by atoms with Gasteiger partial charge in [0.25, 0.3) is 0 Å². The van der Waals surface area contributed by atoms with Gasteiger partial charge in [0.2, 0.25) is 5.91 Å². The SMILES string of the molecule is Cc1ccccc1C(NC(=O)C1CCN(Cc2cccc(Cl)c2)CC1)c1ncccc1C. The van der Waals surface area contributed by atoms with Gasteiger partial charge in [0.15, 0.2) is 0 Å². The summed E-state index contributed by atoms with van der Waals surface area (Å²) in [6, 6.07) is 20.0. The van der Waals surface area contributed by atoms with Gasteiger partial charge >= 0.3 is 0 Å². The number of piperidine rings is 1. The zero-order valence-corrected chi connectivity index (χ0v) is 19.5.